The number of hydrogen-bond donors (Lipinski definition) is 0. The van der Waals surface area contributed by atoms with Crippen LogP contribution in [0.25, 0.3) is 11.0 Å². The van der Waals surface area contributed by atoms with Crippen LogP contribution in [0.4, 0.5) is 5.82 Å². The first-order chi connectivity index (χ1) is 12.7. The van der Waals surface area contributed by atoms with Crippen LogP contribution in [-0.4, -0.2) is 32.0 Å². The molecule has 7 nitrogen and oxygen atoms in total. The van der Waals surface area contributed by atoms with Crippen molar-refractivity contribution >= 4 is 16.9 Å². The molecule has 0 unspecified atom stereocenters. The van der Waals surface area contributed by atoms with Crippen LogP contribution in [0.5, 0.6) is 0 Å². The third-order valence-corrected chi connectivity index (χ3v) is 4.34. The number of nitrogens with zero attached hydrogens (tertiary/aromatic N) is 6. The number of rotatable bonds is 6. The molecule has 26 heavy (non-hydrogen) atoms. The summed E-state index contributed by atoms with van der Waals surface area (Å²) in [4.78, 5) is 11.6. The van der Waals surface area contributed by atoms with Crippen LogP contribution in [0.2, 0.25) is 0 Å². The topological polar surface area (TPSA) is 72.9 Å². The molecule has 7 heteroatoms. The molecule has 0 spiro atoms. The predicted molar refractivity (Wildman–Crippen MR) is 98.8 cm³/mol. The van der Waals surface area contributed by atoms with E-state index in [1.54, 1.807) is 10.9 Å². The zero-order valence-corrected chi connectivity index (χ0v) is 14.8. The second-order valence-corrected chi connectivity index (χ2v) is 6.29. The molecule has 0 N–H and O–H groups in total. The lowest BCUT2D eigenvalue weighted by molar-refractivity contribution is 0.383. The zero-order chi connectivity index (χ0) is 17.9. The quantitative estimate of drug-likeness (QED) is 0.533. The molecule has 3 heterocycles. The standard InChI is InChI=1S/C19H20N6O/c1-24(13-15-10-11-21-26-15)18-16-12-20-25(2)19(16)23-17(22-18)9-8-14-6-4-3-5-7-14/h3-7,10-12H,8-9,13H2,1-2H3. The van der Waals surface area contributed by atoms with Gasteiger partial charge in [-0.15, -0.1) is 0 Å². The van der Waals surface area contributed by atoms with Crippen molar-refractivity contribution in [2.24, 2.45) is 7.05 Å². The Hall–Kier alpha value is -3.22. The minimum absolute atomic E-state index is 0.582. The Labute approximate surface area is 151 Å². The lowest BCUT2D eigenvalue weighted by Crippen LogP contribution is -2.19. The number of hydrogen-bond acceptors (Lipinski definition) is 6. The number of benzene rings is 1. The van der Waals surface area contributed by atoms with Crippen LogP contribution in [0.15, 0.2) is 53.3 Å². The van der Waals surface area contributed by atoms with Crippen molar-refractivity contribution in [2.45, 2.75) is 19.4 Å². The van der Waals surface area contributed by atoms with Crippen molar-refractivity contribution in [1.29, 1.82) is 0 Å². The molecule has 0 aliphatic carbocycles. The fourth-order valence-electron chi connectivity index (χ4n) is 2.99. The lowest BCUT2D eigenvalue weighted by atomic mass is 10.1. The molecule has 1 aromatic carbocycles. The summed E-state index contributed by atoms with van der Waals surface area (Å²) in [5, 5.41) is 9.04. The third kappa shape index (κ3) is 3.28. The molecule has 0 aliphatic heterocycles. The molecule has 0 amide bonds. The first-order valence-corrected chi connectivity index (χ1v) is 8.54. The van der Waals surface area contributed by atoms with Gasteiger partial charge in [0.1, 0.15) is 11.6 Å². The van der Waals surface area contributed by atoms with Gasteiger partial charge in [0.25, 0.3) is 0 Å². The van der Waals surface area contributed by atoms with E-state index in [9.17, 15) is 0 Å². The van der Waals surface area contributed by atoms with Gasteiger partial charge in [-0.3, -0.25) is 4.68 Å². The summed E-state index contributed by atoms with van der Waals surface area (Å²) in [5.41, 5.74) is 2.11. The summed E-state index contributed by atoms with van der Waals surface area (Å²) in [6.07, 6.45) is 5.13. The summed E-state index contributed by atoms with van der Waals surface area (Å²) in [6, 6.07) is 12.2. The van der Waals surface area contributed by atoms with Crippen LogP contribution in [0.1, 0.15) is 17.1 Å². The highest BCUT2D eigenvalue weighted by Crippen LogP contribution is 2.24. The number of aromatic nitrogens is 5. The Bertz CT molecular complexity index is 994. The smallest absolute Gasteiger partial charge is 0.163 e. The van der Waals surface area contributed by atoms with E-state index in [1.165, 1.54) is 5.56 Å². The minimum atomic E-state index is 0.582. The van der Waals surface area contributed by atoms with Crippen molar-refractivity contribution < 1.29 is 4.52 Å². The average Bonchev–Trinajstić information content (AvgIpc) is 3.30. The highest BCUT2D eigenvalue weighted by atomic mass is 16.5. The van der Waals surface area contributed by atoms with Crippen LogP contribution < -0.4 is 4.90 Å². The predicted octanol–water partition coefficient (Wildman–Crippen LogP) is 2.77. The van der Waals surface area contributed by atoms with Gasteiger partial charge in [0, 0.05) is 26.6 Å². The lowest BCUT2D eigenvalue weighted by Gasteiger charge is -2.18. The maximum Gasteiger partial charge on any atom is 0.163 e. The van der Waals surface area contributed by atoms with E-state index < -0.39 is 0 Å². The highest BCUT2D eigenvalue weighted by molar-refractivity contribution is 5.86. The number of aryl methyl sites for hydroxylation is 3. The van der Waals surface area contributed by atoms with Crippen molar-refractivity contribution in [1.82, 2.24) is 24.9 Å². The van der Waals surface area contributed by atoms with E-state index in [-0.39, 0.29) is 0 Å². The van der Waals surface area contributed by atoms with Crippen molar-refractivity contribution in [3.05, 3.63) is 65.9 Å². The number of anilines is 1. The number of fused-ring (bicyclic) bond motifs is 1. The van der Waals surface area contributed by atoms with Crippen LogP contribution >= 0.6 is 0 Å². The Morgan fingerprint density at radius 1 is 1.08 bits per heavy atom. The van der Waals surface area contributed by atoms with Gasteiger partial charge >= 0.3 is 0 Å². The molecule has 0 saturated heterocycles. The minimum Gasteiger partial charge on any atom is -0.360 e. The maximum atomic E-state index is 5.22. The van der Waals surface area contributed by atoms with Crippen molar-refractivity contribution in [2.75, 3.05) is 11.9 Å². The molecule has 4 rings (SSSR count). The van der Waals surface area contributed by atoms with Crippen molar-refractivity contribution in [3.63, 3.8) is 0 Å². The molecule has 0 bridgehead atoms. The van der Waals surface area contributed by atoms with E-state index in [1.807, 2.05) is 37.3 Å². The average molecular weight is 348 g/mol. The summed E-state index contributed by atoms with van der Waals surface area (Å²) in [6.45, 7) is 0.582. The monoisotopic (exact) mass is 348 g/mol. The molecular formula is C19H20N6O. The van der Waals surface area contributed by atoms with Gasteiger partial charge in [-0.1, -0.05) is 35.5 Å². The normalized spacial score (nSPS) is 11.2. The SMILES string of the molecule is CN(Cc1ccno1)c1nc(CCc2ccccc2)nc2c1cnn2C. The Balaban J connectivity index is 1.64. The molecular weight excluding hydrogens is 328 g/mol. The van der Waals surface area contributed by atoms with Crippen molar-refractivity contribution in [3.8, 4) is 0 Å². The van der Waals surface area contributed by atoms with Gasteiger partial charge in [-0.05, 0) is 12.0 Å². The fourth-order valence-corrected chi connectivity index (χ4v) is 2.99. The first kappa shape index (κ1) is 16.3. The van der Waals surface area contributed by atoms with Gasteiger partial charge in [0.15, 0.2) is 11.4 Å². The zero-order valence-electron chi connectivity index (χ0n) is 14.8. The van der Waals surface area contributed by atoms with Crippen LogP contribution in [0.3, 0.4) is 0 Å². The molecule has 0 aliphatic rings. The summed E-state index contributed by atoms with van der Waals surface area (Å²) >= 11 is 0. The van der Waals surface area contributed by atoms with Gasteiger partial charge in [0.2, 0.25) is 0 Å². The van der Waals surface area contributed by atoms with E-state index in [4.69, 9.17) is 14.5 Å². The molecule has 0 fully saturated rings. The largest absolute Gasteiger partial charge is 0.360 e. The van der Waals surface area contributed by atoms with Gasteiger partial charge in [-0.25, -0.2) is 9.97 Å². The second kappa shape index (κ2) is 6.95. The molecule has 132 valence electrons. The molecule has 3 aromatic heterocycles. The van der Waals surface area contributed by atoms with E-state index in [0.29, 0.717) is 6.54 Å². The summed E-state index contributed by atoms with van der Waals surface area (Å²) in [7, 11) is 3.88. The van der Waals surface area contributed by atoms with Gasteiger partial charge in [-0.2, -0.15) is 5.10 Å². The molecule has 4 aromatic rings. The first-order valence-electron chi connectivity index (χ1n) is 8.54. The highest BCUT2D eigenvalue weighted by Gasteiger charge is 2.16. The second-order valence-electron chi connectivity index (χ2n) is 6.29. The van der Waals surface area contributed by atoms with E-state index in [2.05, 4.69) is 34.5 Å². The van der Waals surface area contributed by atoms with Crippen LogP contribution in [-0.2, 0) is 26.4 Å². The van der Waals surface area contributed by atoms with Crippen LogP contribution in [0, 0.1) is 0 Å². The van der Waals surface area contributed by atoms with Gasteiger partial charge in [0.05, 0.1) is 24.3 Å². The summed E-state index contributed by atoms with van der Waals surface area (Å²) < 4.78 is 7.01. The Morgan fingerprint density at radius 3 is 2.69 bits per heavy atom. The summed E-state index contributed by atoms with van der Waals surface area (Å²) in [5.74, 6) is 2.45. The van der Waals surface area contributed by atoms with E-state index >= 15 is 0 Å². The Morgan fingerprint density at radius 2 is 1.92 bits per heavy atom. The molecule has 0 radical (unpaired) electrons. The van der Waals surface area contributed by atoms with Gasteiger partial charge < -0.3 is 9.42 Å². The molecule has 0 atom stereocenters. The Kier molecular flexibility index (Phi) is 4.35. The molecule has 0 saturated carbocycles. The third-order valence-electron chi connectivity index (χ3n) is 4.34. The van der Waals surface area contributed by atoms with E-state index in [0.717, 1.165) is 41.3 Å². The fraction of sp³-hybridized carbons (Fsp3) is 0.263. The maximum absolute atomic E-state index is 5.22.